The summed E-state index contributed by atoms with van der Waals surface area (Å²) in [6.07, 6.45) is -11.3. The average Bonchev–Trinajstić information content (AvgIpc) is 2.77. The van der Waals surface area contributed by atoms with Crippen molar-refractivity contribution < 1.29 is 41.0 Å². The molecule has 0 aliphatic carbocycles. The fourth-order valence-corrected chi connectivity index (χ4v) is 4.24. The van der Waals surface area contributed by atoms with Gasteiger partial charge < -0.3 is 14.7 Å². The van der Waals surface area contributed by atoms with Gasteiger partial charge in [-0.3, -0.25) is 4.79 Å². The van der Waals surface area contributed by atoms with E-state index >= 15 is 0 Å². The van der Waals surface area contributed by atoms with Crippen LogP contribution in [0.25, 0.3) is 0 Å². The summed E-state index contributed by atoms with van der Waals surface area (Å²) < 4.78 is 85.8. The van der Waals surface area contributed by atoms with Gasteiger partial charge in [0.2, 0.25) is 0 Å². The van der Waals surface area contributed by atoms with E-state index in [4.69, 9.17) is 4.74 Å². The molecule has 3 rings (SSSR count). The Labute approximate surface area is 199 Å². The monoisotopic (exact) mass is 503 g/mol. The van der Waals surface area contributed by atoms with E-state index < -0.39 is 53.1 Å². The third-order valence-electron chi connectivity index (χ3n) is 6.05. The van der Waals surface area contributed by atoms with Crippen LogP contribution in [0.2, 0.25) is 0 Å². The van der Waals surface area contributed by atoms with Crippen molar-refractivity contribution in [3.63, 3.8) is 0 Å². The molecule has 2 aromatic carbocycles. The number of rotatable bonds is 5. The van der Waals surface area contributed by atoms with Crippen molar-refractivity contribution in [2.75, 3.05) is 13.1 Å². The Morgan fingerprint density at radius 3 is 2.03 bits per heavy atom. The molecule has 1 amide bonds. The molecule has 1 heterocycles. The minimum absolute atomic E-state index is 0.0870. The van der Waals surface area contributed by atoms with Gasteiger partial charge in [-0.05, 0) is 56.5 Å². The van der Waals surface area contributed by atoms with Gasteiger partial charge in [-0.15, -0.1) is 0 Å². The number of benzene rings is 2. The Kier molecular flexibility index (Phi) is 7.57. The number of aliphatic hydroxyl groups is 1. The van der Waals surface area contributed by atoms with Gasteiger partial charge in [0.1, 0.15) is 5.60 Å². The summed E-state index contributed by atoms with van der Waals surface area (Å²) in [5.41, 5.74) is -3.83. The number of piperidine rings is 1. The number of hydrogen-bond acceptors (Lipinski definition) is 3. The zero-order chi connectivity index (χ0) is 26.2. The van der Waals surface area contributed by atoms with Crippen molar-refractivity contribution in [1.82, 2.24) is 4.90 Å². The second kappa shape index (κ2) is 9.81. The van der Waals surface area contributed by atoms with E-state index in [0.717, 1.165) is 5.56 Å². The fraction of sp³-hybridized carbons (Fsp3) is 0.480. The minimum atomic E-state index is -4.95. The summed E-state index contributed by atoms with van der Waals surface area (Å²) in [4.78, 5) is 14.1. The minimum Gasteiger partial charge on any atom is -0.381 e. The molecule has 3 atom stereocenters. The van der Waals surface area contributed by atoms with Gasteiger partial charge in [-0.1, -0.05) is 30.3 Å². The molecular weight excluding hydrogens is 476 g/mol. The van der Waals surface area contributed by atoms with E-state index in [1.165, 1.54) is 25.7 Å². The standard InChI is InChI=1S/C25H27F6NO3/c1-15(17-11-18(24(26,27)28)13-19(12-17)25(29,30)31)35-21-9-10-32(22(33)23(2,3)34)14-20(21)16-7-5-4-6-8-16/h4-8,11-13,15,20-21,34H,9-10,14H2,1-3H3/t15-,20+,21+/m1/s1. The topological polar surface area (TPSA) is 49.8 Å². The first kappa shape index (κ1) is 27.0. The van der Waals surface area contributed by atoms with Crippen LogP contribution in [-0.2, 0) is 21.9 Å². The van der Waals surface area contributed by atoms with Crippen LogP contribution in [0, 0.1) is 0 Å². The predicted octanol–water partition coefficient (Wildman–Crippen LogP) is 5.96. The normalized spacial score (nSPS) is 20.6. The highest BCUT2D eigenvalue weighted by atomic mass is 19.4. The highest BCUT2D eigenvalue weighted by molar-refractivity contribution is 5.84. The van der Waals surface area contributed by atoms with Crippen LogP contribution in [0.1, 0.15) is 61.5 Å². The van der Waals surface area contributed by atoms with Crippen molar-refractivity contribution >= 4 is 5.91 Å². The molecule has 0 saturated carbocycles. The molecule has 1 aliphatic heterocycles. The van der Waals surface area contributed by atoms with E-state index in [-0.39, 0.29) is 31.1 Å². The van der Waals surface area contributed by atoms with Crippen LogP contribution in [0.4, 0.5) is 26.3 Å². The highest BCUT2D eigenvalue weighted by Gasteiger charge is 2.40. The van der Waals surface area contributed by atoms with E-state index in [0.29, 0.717) is 12.1 Å². The van der Waals surface area contributed by atoms with Crippen LogP contribution in [0.15, 0.2) is 48.5 Å². The van der Waals surface area contributed by atoms with E-state index in [2.05, 4.69) is 0 Å². The Morgan fingerprint density at radius 2 is 1.54 bits per heavy atom. The maximum absolute atomic E-state index is 13.3. The smallest absolute Gasteiger partial charge is 0.381 e. The van der Waals surface area contributed by atoms with Gasteiger partial charge in [-0.2, -0.15) is 26.3 Å². The number of halogens is 6. The van der Waals surface area contributed by atoms with Crippen LogP contribution in [0.5, 0.6) is 0 Å². The molecule has 1 fully saturated rings. The molecule has 0 unspecified atom stereocenters. The first-order valence-electron chi connectivity index (χ1n) is 11.1. The quantitative estimate of drug-likeness (QED) is 0.513. The number of nitrogens with zero attached hydrogens (tertiary/aromatic N) is 1. The lowest BCUT2D eigenvalue weighted by molar-refractivity contribution is -0.152. The molecule has 0 aromatic heterocycles. The fourth-order valence-electron chi connectivity index (χ4n) is 4.24. The molecule has 1 N–H and O–H groups in total. The lowest BCUT2D eigenvalue weighted by Crippen LogP contribution is -2.52. The third kappa shape index (κ3) is 6.55. The third-order valence-corrected chi connectivity index (χ3v) is 6.05. The zero-order valence-electron chi connectivity index (χ0n) is 19.5. The van der Waals surface area contributed by atoms with Crippen LogP contribution >= 0.6 is 0 Å². The van der Waals surface area contributed by atoms with Crippen LogP contribution in [0.3, 0.4) is 0 Å². The largest absolute Gasteiger partial charge is 0.416 e. The van der Waals surface area contributed by atoms with Gasteiger partial charge >= 0.3 is 12.4 Å². The second-order valence-electron chi connectivity index (χ2n) is 9.27. The Hall–Kier alpha value is -2.59. The van der Waals surface area contributed by atoms with Crippen molar-refractivity contribution in [3.05, 3.63) is 70.8 Å². The molecule has 0 radical (unpaired) electrons. The average molecular weight is 503 g/mol. The van der Waals surface area contributed by atoms with Crippen molar-refractivity contribution in [2.24, 2.45) is 0 Å². The first-order chi connectivity index (χ1) is 16.1. The summed E-state index contributed by atoms with van der Waals surface area (Å²) in [6.45, 7) is 4.57. The van der Waals surface area contributed by atoms with Gasteiger partial charge in [-0.25, -0.2) is 0 Å². The molecular formula is C25H27F6NO3. The van der Waals surface area contributed by atoms with Crippen LogP contribution < -0.4 is 0 Å². The predicted molar refractivity (Wildman–Crippen MR) is 116 cm³/mol. The molecule has 2 aromatic rings. The van der Waals surface area contributed by atoms with Gasteiger partial charge in [0.05, 0.1) is 23.3 Å². The number of likely N-dealkylation sites (tertiary alicyclic amines) is 1. The summed E-state index contributed by atoms with van der Waals surface area (Å²) in [6, 6.07) is 10.4. The first-order valence-corrected chi connectivity index (χ1v) is 11.1. The second-order valence-corrected chi connectivity index (χ2v) is 9.27. The van der Waals surface area contributed by atoms with E-state index in [1.807, 2.05) is 12.1 Å². The van der Waals surface area contributed by atoms with Crippen molar-refractivity contribution in [3.8, 4) is 0 Å². The molecule has 192 valence electrons. The molecule has 0 bridgehead atoms. The van der Waals surface area contributed by atoms with Gasteiger partial charge in [0, 0.05) is 19.0 Å². The molecule has 1 aliphatic rings. The van der Waals surface area contributed by atoms with Crippen molar-refractivity contribution in [1.29, 1.82) is 0 Å². The summed E-state index contributed by atoms with van der Waals surface area (Å²) >= 11 is 0. The number of carbonyl (C=O) groups is 1. The summed E-state index contributed by atoms with van der Waals surface area (Å²) in [7, 11) is 0. The molecule has 4 nitrogen and oxygen atoms in total. The number of hydrogen-bond donors (Lipinski definition) is 1. The van der Waals surface area contributed by atoms with Gasteiger partial charge in [0.15, 0.2) is 0 Å². The Balaban J connectivity index is 1.91. The summed E-state index contributed by atoms with van der Waals surface area (Å²) in [5.74, 6) is -0.871. The number of alkyl halides is 6. The number of carbonyl (C=O) groups excluding carboxylic acids is 1. The maximum atomic E-state index is 13.3. The van der Waals surface area contributed by atoms with E-state index in [9.17, 15) is 36.2 Å². The molecule has 10 heteroatoms. The maximum Gasteiger partial charge on any atom is 0.416 e. The van der Waals surface area contributed by atoms with Gasteiger partial charge in [0.25, 0.3) is 5.91 Å². The SMILES string of the molecule is C[C@@H](O[C@H]1CCN(C(=O)C(C)(C)O)C[C@H]1c1ccccc1)c1cc(C(F)(F)F)cc(C(F)(F)F)c1. The number of amides is 1. The lowest BCUT2D eigenvalue weighted by Gasteiger charge is -2.41. The Morgan fingerprint density at radius 1 is 1.00 bits per heavy atom. The molecule has 0 spiro atoms. The highest BCUT2D eigenvalue weighted by Crippen LogP contribution is 2.39. The lowest BCUT2D eigenvalue weighted by atomic mass is 9.87. The molecule has 1 saturated heterocycles. The van der Waals surface area contributed by atoms with E-state index in [1.54, 1.807) is 18.2 Å². The number of ether oxygens (including phenoxy) is 1. The zero-order valence-corrected chi connectivity index (χ0v) is 19.5. The van der Waals surface area contributed by atoms with Crippen molar-refractivity contribution in [2.45, 2.75) is 63.3 Å². The molecule has 35 heavy (non-hydrogen) atoms. The Bertz CT molecular complexity index is 998. The summed E-state index contributed by atoms with van der Waals surface area (Å²) in [5, 5.41) is 10.1. The van der Waals surface area contributed by atoms with Crippen LogP contribution in [-0.4, -0.2) is 40.7 Å².